The maximum Gasteiger partial charge on any atom is 0.416 e. The molecule has 4 atom stereocenters. The number of aromatic amines is 4. The summed E-state index contributed by atoms with van der Waals surface area (Å²) in [5, 5.41) is 6.82. The van der Waals surface area contributed by atoms with Gasteiger partial charge in [0.05, 0.1) is 46.6 Å². The van der Waals surface area contributed by atoms with Crippen molar-refractivity contribution in [2.45, 2.75) is 77.5 Å². The van der Waals surface area contributed by atoms with Crippen LogP contribution in [-0.4, -0.2) is 142 Å². The molecular formula is C98H95Cl3N12O8. The normalized spacial score (nSPS) is 15.8. The first-order chi connectivity index (χ1) is 58.9. The van der Waals surface area contributed by atoms with Crippen LogP contribution in [0.2, 0.25) is 15.1 Å². The number of methoxy groups -OCH3 is 4. The summed E-state index contributed by atoms with van der Waals surface area (Å²) >= 11 is 18.5. The van der Waals surface area contributed by atoms with Gasteiger partial charge in [-0.15, -0.1) is 0 Å². The molecule has 9 heterocycles. The number of aromatic nitrogens is 6. The molecule has 4 N–H and O–H groups in total. The molecule has 4 unspecified atom stereocenters. The number of nitrogens with zero attached hydrogens (tertiary/aromatic N) is 8. The summed E-state index contributed by atoms with van der Waals surface area (Å²) in [6, 6.07) is 74.6. The number of amides is 5. The third-order valence-electron chi connectivity index (χ3n) is 23.5. The molecule has 23 heteroatoms. The lowest BCUT2D eigenvalue weighted by Crippen LogP contribution is -2.47. The van der Waals surface area contributed by atoms with Crippen LogP contribution in [0.5, 0.6) is 28.7 Å². The Hall–Kier alpha value is -12.9. The fourth-order valence-electron chi connectivity index (χ4n) is 17.4. The number of nitrogens with one attached hydrogen (secondary N) is 4. The molecule has 5 aromatic heterocycles. The summed E-state index contributed by atoms with van der Waals surface area (Å²) in [5.74, 6) is 4.43. The van der Waals surface area contributed by atoms with Crippen LogP contribution in [0.15, 0.2) is 243 Å². The van der Waals surface area contributed by atoms with Crippen LogP contribution >= 0.6 is 34.8 Å². The highest BCUT2D eigenvalue weighted by Crippen LogP contribution is 2.46. The Morgan fingerprint density at radius 1 is 0.397 bits per heavy atom. The highest BCUT2D eigenvalue weighted by atomic mass is 35.5. The molecule has 4 aliphatic heterocycles. The number of ether oxygens (including phenoxy) is 5. The SMILES string of the molecule is CCN(CC)C(=O)N1CCc2c([nH]c3ccc(Cl)cc23)C1c1ccc(OC)cc1.COc1ccc(C2c3[nH]c4ccc(C)cc4c3CCN2C(=O)Oc2ccc(Cl)cc2)cc1.COc1ccc(C2c3[nH]c4ccc(C)cc4c3CCN2c2ncccn2)cc1.COc1ccc(C2c3[nH]c4ccc(Cl)cc4c3CCN2C(=O)N(C)c2ccccc2)cc1. The van der Waals surface area contributed by atoms with Gasteiger partial charge < -0.3 is 63.2 Å². The molecule has 616 valence electrons. The summed E-state index contributed by atoms with van der Waals surface area (Å²) in [4.78, 5) is 75.3. The molecule has 0 spiro atoms. The van der Waals surface area contributed by atoms with Gasteiger partial charge in [-0.1, -0.05) is 125 Å². The molecule has 0 fully saturated rings. The Kier molecular flexibility index (Phi) is 24.3. The highest BCUT2D eigenvalue weighted by Gasteiger charge is 2.41. The van der Waals surface area contributed by atoms with E-state index in [0.717, 1.165) is 133 Å². The van der Waals surface area contributed by atoms with E-state index in [4.69, 9.17) is 58.5 Å². The van der Waals surface area contributed by atoms with Gasteiger partial charge in [-0.05, 0) is 250 Å². The van der Waals surface area contributed by atoms with Crippen LogP contribution in [0.4, 0.5) is 26.0 Å². The average molecular weight is 1680 g/mol. The molecular weight excluding hydrogens is 1580 g/mol. The molecule has 15 aromatic rings. The number of aryl methyl sites for hydroxylation is 2. The predicted octanol–water partition coefficient (Wildman–Crippen LogP) is 22.0. The van der Waals surface area contributed by atoms with Crippen molar-refractivity contribution in [3.8, 4) is 28.7 Å². The number of hydrogen-bond acceptors (Lipinski definition) is 11. The van der Waals surface area contributed by atoms with Crippen LogP contribution < -0.4 is 33.5 Å². The monoisotopic (exact) mass is 1670 g/mol. The minimum Gasteiger partial charge on any atom is -0.497 e. The Morgan fingerprint density at radius 2 is 0.744 bits per heavy atom. The van der Waals surface area contributed by atoms with Crippen LogP contribution in [0.1, 0.15) is 116 Å². The van der Waals surface area contributed by atoms with Gasteiger partial charge in [0.15, 0.2) is 0 Å². The largest absolute Gasteiger partial charge is 0.497 e. The van der Waals surface area contributed by atoms with Gasteiger partial charge in [-0.3, -0.25) is 9.80 Å². The maximum absolute atomic E-state index is 13.7. The number of carbonyl (C=O) groups is 3. The second kappa shape index (κ2) is 36.0. The van der Waals surface area contributed by atoms with E-state index in [-0.39, 0.29) is 36.2 Å². The summed E-state index contributed by atoms with van der Waals surface area (Å²) in [5.41, 5.74) is 21.4. The van der Waals surface area contributed by atoms with Crippen LogP contribution in [0.3, 0.4) is 0 Å². The van der Waals surface area contributed by atoms with E-state index < -0.39 is 6.09 Å². The van der Waals surface area contributed by atoms with Gasteiger partial charge in [-0.25, -0.2) is 24.4 Å². The fourth-order valence-corrected chi connectivity index (χ4v) is 17.9. The number of hydrogen-bond donors (Lipinski definition) is 4. The molecule has 0 bridgehead atoms. The topological polar surface area (TPSA) is 206 Å². The number of rotatable bonds is 13. The molecule has 20 nitrogen and oxygen atoms in total. The highest BCUT2D eigenvalue weighted by molar-refractivity contribution is 6.32. The molecule has 4 aliphatic rings. The van der Waals surface area contributed by atoms with E-state index in [1.165, 1.54) is 60.9 Å². The lowest BCUT2D eigenvalue weighted by Gasteiger charge is -2.39. The number of H-pyrrole nitrogens is 4. The number of carbonyl (C=O) groups excluding carboxylic acids is 3. The standard InChI is InChI=1S/C26H24ClN3O2.C26H23ClN2O3.C23H26ClN3O2.C23H22N4O/c1-29(19-6-4-3-5-7-19)26(31)30-15-14-21-22-16-18(27)10-13-23(22)28-24(21)25(30)17-8-11-20(32-2)12-9-17;1-16-3-12-23-22(15-16)21-13-14-29(26(30)32-20-10-6-18(27)7-11-20)25(24(21)28-23)17-4-8-19(31-2)9-5-17;1-4-26(5-2)23(28)27-13-12-18-19-14-16(24)8-11-20(19)25-21(18)22(27)15-6-9-17(29-3)10-7-15;1-15-4-9-20-19(14-15)18-10-13-27(23-24-11-3-12-25-23)22(21(18)26-20)16-5-7-17(28-2)8-6-16/h3-13,16,25,28H,14-15H2,1-2H3;3-12,15,25,28H,13-14H2,1-2H3;6-11,14,22,25H,4-5,12-13H2,1-3H3;3-9,11-12,14,22,26H,10,13H2,1-2H3. The summed E-state index contributed by atoms with van der Waals surface area (Å²) in [7, 11) is 8.47. The minimum absolute atomic E-state index is 0.0322. The zero-order valence-electron chi connectivity index (χ0n) is 69.0. The smallest absolute Gasteiger partial charge is 0.416 e. The van der Waals surface area contributed by atoms with Crippen molar-refractivity contribution in [2.24, 2.45) is 0 Å². The first-order valence-electron chi connectivity index (χ1n) is 40.7. The number of para-hydroxylation sites is 1. The Labute approximate surface area is 718 Å². The van der Waals surface area contributed by atoms with Crippen molar-refractivity contribution in [1.82, 2.24) is 49.5 Å². The summed E-state index contributed by atoms with van der Waals surface area (Å²) in [6.07, 6.45) is 6.49. The van der Waals surface area contributed by atoms with E-state index in [9.17, 15) is 14.4 Å². The number of urea groups is 2. The molecule has 0 radical (unpaired) electrons. The van der Waals surface area contributed by atoms with Gasteiger partial charge in [0, 0.05) is 146 Å². The summed E-state index contributed by atoms with van der Waals surface area (Å²) < 4.78 is 27.1. The summed E-state index contributed by atoms with van der Waals surface area (Å²) in [6.45, 7) is 12.4. The zero-order valence-corrected chi connectivity index (χ0v) is 71.2. The van der Waals surface area contributed by atoms with Crippen molar-refractivity contribution in [3.63, 3.8) is 0 Å². The van der Waals surface area contributed by atoms with Gasteiger partial charge in [0.2, 0.25) is 5.95 Å². The molecule has 0 aliphatic carbocycles. The third kappa shape index (κ3) is 16.8. The van der Waals surface area contributed by atoms with Gasteiger partial charge >= 0.3 is 18.2 Å². The second-order valence-corrected chi connectivity index (χ2v) is 31.8. The van der Waals surface area contributed by atoms with Gasteiger partial charge in [-0.2, -0.15) is 0 Å². The first kappa shape index (κ1) is 81.8. The van der Waals surface area contributed by atoms with Crippen LogP contribution in [-0.2, 0) is 25.7 Å². The molecule has 19 rings (SSSR count). The maximum atomic E-state index is 13.7. The minimum atomic E-state index is -0.395. The first-order valence-corrected chi connectivity index (χ1v) is 41.9. The van der Waals surface area contributed by atoms with E-state index in [0.29, 0.717) is 48.5 Å². The van der Waals surface area contributed by atoms with Crippen molar-refractivity contribution in [2.75, 3.05) is 84.6 Å². The average Bonchev–Trinajstić information content (AvgIpc) is 1.35. The third-order valence-corrected chi connectivity index (χ3v) is 24.2. The Bertz CT molecular complexity index is 6200. The Morgan fingerprint density at radius 3 is 1.16 bits per heavy atom. The predicted molar refractivity (Wildman–Crippen MR) is 482 cm³/mol. The quantitative estimate of drug-likeness (QED) is 0.0854. The van der Waals surface area contributed by atoms with Gasteiger partial charge in [0.25, 0.3) is 0 Å². The Balaban J connectivity index is 0.000000120. The molecule has 5 amide bonds. The number of benzene rings is 10. The lowest BCUT2D eigenvalue weighted by molar-refractivity contribution is 0.135. The van der Waals surface area contributed by atoms with Crippen molar-refractivity contribution in [1.29, 1.82) is 0 Å². The number of fused-ring (bicyclic) bond motifs is 12. The van der Waals surface area contributed by atoms with Crippen molar-refractivity contribution in [3.05, 3.63) is 336 Å². The zero-order chi connectivity index (χ0) is 84.1. The molecule has 10 aromatic carbocycles. The number of halogens is 3. The van der Waals surface area contributed by atoms with Gasteiger partial charge in [0.1, 0.15) is 34.8 Å². The molecule has 0 saturated heterocycles. The number of anilines is 2. The van der Waals surface area contributed by atoms with E-state index in [2.05, 4.69) is 97.2 Å². The van der Waals surface area contributed by atoms with E-state index in [1.807, 2.05) is 193 Å². The molecule has 121 heavy (non-hydrogen) atoms. The van der Waals surface area contributed by atoms with E-state index in [1.54, 1.807) is 74.9 Å². The van der Waals surface area contributed by atoms with Crippen LogP contribution in [0.25, 0.3) is 43.6 Å². The second-order valence-electron chi connectivity index (χ2n) is 30.5. The van der Waals surface area contributed by atoms with Crippen LogP contribution in [0, 0.1) is 13.8 Å². The van der Waals surface area contributed by atoms with Crippen molar-refractivity contribution < 1.29 is 38.1 Å². The molecule has 0 saturated carbocycles. The van der Waals surface area contributed by atoms with Crippen molar-refractivity contribution >= 4 is 108 Å². The lowest BCUT2D eigenvalue weighted by atomic mass is 9.92. The van der Waals surface area contributed by atoms with E-state index >= 15 is 0 Å². The fraction of sp³-hybridized carbons (Fsp3) is 0.235.